The molecule has 6 nitrogen and oxygen atoms in total. The minimum absolute atomic E-state index is 0.0421. The van der Waals surface area contributed by atoms with Gasteiger partial charge in [-0.15, -0.1) is 11.3 Å². The monoisotopic (exact) mass is 433 g/mol. The van der Waals surface area contributed by atoms with Crippen LogP contribution < -0.4 is 10.7 Å². The summed E-state index contributed by atoms with van der Waals surface area (Å²) < 4.78 is 42.2. The van der Waals surface area contributed by atoms with Crippen molar-refractivity contribution in [3.05, 3.63) is 76.2 Å². The first-order valence-electron chi connectivity index (χ1n) is 8.70. The fraction of sp³-hybridized carbons (Fsp3) is 0.100. The highest BCUT2D eigenvalue weighted by Gasteiger charge is 2.32. The van der Waals surface area contributed by atoms with Crippen molar-refractivity contribution in [2.24, 2.45) is 0 Å². The number of carboxylic acids is 1. The Morgan fingerprint density at radius 1 is 1.20 bits per heavy atom. The minimum Gasteiger partial charge on any atom is -0.478 e. The second-order valence-electron chi connectivity index (χ2n) is 6.59. The van der Waals surface area contributed by atoms with E-state index in [1.165, 1.54) is 53.9 Å². The van der Waals surface area contributed by atoms with Crippen LogP contribution in [-0.2, 0) is 4.79 Å². The van der Waals surface area contributed by atoms with Gasteiger partial charge in [0.2, 0.25) is 5.91 Å². The van der Waals surface area contributed by atoms with Gasteiger partial charge in [0.15, 0.2) is 11.6 Å². The Balaban J connectivity index is 1.64. The second kappa shape index (κ2) is 7.47. The molecule has 1 aromatic heterocycles. The van der Waals surface area contributed by atoms with Crippen LogP contribution >= 0.6 is 11.3 Å². The first-order chi connectivity index (χ1) is 14.3. The number of carbonyl (C=O) groups is 2. The summed E-state index contributed by atoms with van der Waals surface area (Å²) >= 11 is 0.868. The molecule has 1 amide bonds. The lowest BCUT2D eigenvalue weighted by Gasteiger charge is -2.20. The van der Waals surface area contributed by atoms with Crippen molar-refractivity contribution < 1.29 is 27.9 Å². The van der Waals surface area contributed by atoms with Crippen LogP contribution in [0, 0.1) is 18.6 Å². The molecule has 0 bridgehead atoms. The molecule has 2 aliphatic rings. The number of anilines is 1. The maximum absolute atomic E-state index is 14.4. The molecule has 0 spiro atoms. The maximum atomic E-state index is 14.4. The lowest BCUT2D eigenvalue weighted by Crippen LogP contribution is -2.41. The smallest absolute Gasteiger partial charge is 0.339 e. The van der Waals surface area contributed by atoms with Crippen molar-refractivity contribution >= 4 is 28.2 Å². The molecule has 1 unspecified atom stereocenters. The Labute approximate surface area is 172 Å². The van der Waals surface area contributed by atoms with Gasteiger partial charge >= 0.3 is 5.97 Å². The van der Waals surface area contributed by atoms with E-state index in [1.807, 2.05) is 0 Å². The number of thiophene rings is 1. The number of hydrogen-bond donors (Lipinski definition) is 3. The number of hydrogen-bond acceptors (Lipinski definition) is 5. The summed E-state index contributed by atoms with van der Waals surface area (Å²) in [7, 11) is 0. The Kier molecular flexibility index (Phi) is 4.96. The van der Waals surface area contributed by atoms with Gasteiger partial charge in [-0.3, -0.25) is 9.80 Å². The molecule has 10 heteroatoms. The Bertz CT molecular complexity index is 1170. The van der Waals surface area contributed by atoms with Gasteiger partial charge in [-0.05, 0) is 30.7 Å². The van der Waals surface area contributed by atoms with Crippen LogP contribution in [0.15, 0.2) is 53.5 Å². The molecule has 4 rings (SSSR count). The average Bonchev–Trinajstić information content (AvgIpc) is 3.31. The van der Waals surface area contributed by atoms with Gasteiger partial charge in [-0.1, -0.05) is 12.1 Å². The summed E-state index contributed by atoms with van der Waals surface area (Å²) in [6, 6.07) is 1.67. The molecule has 1 atom stereocenters. The number of hydrazine groups is 1. The van der Waals surface area contributed by atoms with Crippen molar-refractivity contribution in [3.8, 4) is 11.1 Å². The molecular formula is C20H14F3N3O3S. The fourth-order valence-corrected chi connectivity index (χ4v) is 4.11. The summed E-state index contributed by atoms with van der Waals surface area (Å²) in [5.41, 5.74) is 2.39. The van der Waals surface area contributed by atoms with E-state index in [2.05, 4.69) is 10.7 Å². The van der Waals surface area contributed by atoms with Crippen LogP contribution in [-0.4, -0.2) is 28.0 Å². The van der Waals surface area contributed by atoms with Crippen LogP contribution in [0.4, 0.5) is 18.2 Å². The Morgan fingerprint density at radius 3 is 2.67 bits per heavy atom. The SMILES string of the molecule is Cc1ccc(-c2csc(NC(=O)C3C=C4C(F)=CC=CN4N3)c2C(=O)O)c(F)c1F. The fourth-order valence-electron chi connectivity index (χ4n) is 3.15. The highest BCUT2D eigenvalue weighted by Crippen LogP contribution is 2.38. The quantitative estimate of drug-likeness (QED) is 0.677. The molecule has 0 radical (unpaired) electrons. The van der Waals surface area contributed by atoms with E-state index < -0.39 is 35.4 Å². The predicted molar refractivity (Wildman–Crippen MR) is 105 cm³/mol. The number of nitrogens with zero attached hydrogens (tertiary/aromatic N) is 1. The number of allylic oxidation sites excluding steroid dienone is 3. The summed E-state index contributed by atoms with van der Waals surface area (Å²) in [4.78, 5) is 24.4. The van der Waals surface area contributed by atoms with Gasteiger partial charge in [-0.2, -0.15) is 0 Å². The standard InChI is InChI=1S/C20H14F3N3O3S/c1-9-4-5-10(17(23)16(9)22)11-8-30-19(15(11)20(28)29)24-18(27)13-7-14-12(21)3-2-6-26(14)25-13/h2-8,13,25H,1H3,(H,24,27)(H,28,29). The molecule has 154 valence electrons. The average molecular weight is 433 g/mol. The molecular weight excluding hydrogens is 419 g/mol. The maximum Gasteiger partial charge on any atom is 0.339 e. The topological polar surface area (TPSA) is 81.7 Å². The second-order valence-corrected chi connectivity index (χ2v) is 7.47. The third kappa shape index (κ3) is 3.29. The molecule has 0 saturated carbocycles. The normalized spacial score (nSPS) is 17.5. The highest BCUT2D eigenvalue weighted by molar-refractivity contribution is 7.15. The number of fused-ring (bicyclic) bond motifs is 1. The lowest BCUT2D eigenvalue weighted by molar-refractivity contribution is -0.117. The zero-order chi connectivity index (χ0) is 21.6. The zero-order valence-electron chi connectivity index (χ0n) is 15.4. The van der Waals surface area contributed by atoms with Crippen molar-refractivity contribution in [1.29, 1.82) is 0 Å². The lowest BCUT2D eigenvalue weighted by atomic mass is 10.0. The molecule has 1 aromatic carbocycles. The Hall–Kier alpha value is -3.37. The van der Waals surface area contributed by atoms with Crippen LogP contribution in [0.2, 0.25) is 0 Å². The number of aryl methyl sites for hydroxylation is 1. The zero-order valence-corrected chi connectivity index (χ0v) is 16.2. The van der Waals surface area contributed by atoms with Gasteiger partial charge in [0.05, 0.1) is 5.70 Å². The third-order valence-corrected chi connectivity index (χ3v) is 5.57. The summed E-state index contributed by atoms with van der Waals surface area (Å²) in [5, 5.41) is 14.7. The summed E-state index contributed by atoms with van der Waals surface area (Å²) in [6.45, 7) is 1.39. The van der Waals surface area contributed by atoms with E-state index in [-0.39, 0.29) is 33.0 Å². The van der Waals surface area contributed by atoms with E-state index in [1.54, 1.807) is 0 Å². The van der Waals surface area contributed by atoms with Crippen molar-refractivity contribution in [2.75, 3.05) is 5.32 Å². The van der Waals surface area contributed by atoms with Crippen molar-refractivity contribution in [2.45, 2.75) is 13.0 Å². The molecule has 0 aliphatic carbocycles. The number of nitrogens with one attached hydrogen (secondary N) is 2. The molecule has 0 fully saturated rings. The highest BCUT2D eigenvalue weighted by atomic mass is 32.1. The van der Waals surface area contributed by atoms with E-state index in [4.69, 9.17) is 0 Å². The van der Waals surface area contributed by atoms with Gasteiger partial charge in [0.1, 0.15) is 22.4 Å². The van der Waals surface area contributed by atoms with Gasteiger partial charge in [-0.25, -0.2) is 23.4 Å². The predicted octanol–water partition coefficient (Wildman–Crippen LogP) is 4.09. The molecule has 0 saturated heterocycles. The summed E-state index contributed by atoms with van der Waals surface area (Å²) in [5.74, 6) is -4.80. The van der Waals surface area contributed by atoms with Gasteiger partial charge in [0.25, 0.3) is 0 Å². The molecule has 30 heavy (non-hydrogen) atoms. The largest absolute Gasteiger partial charge is 0.478 e. The van der Waals surface area contributed by atoms with Gasteiger partial charge in [0, 0.05) is 22.7 Å². The van der Waals surface area contributed by atoms with E-state index in [0.29, 0.717) is 0 Å². The van der Waals surface area contributed by atoms with E-state index in [9.17, 15) is 27.9 Å². The third-order valence-electron chi connectivity index (χ3n) is 4.67. The Morgan fingerprint density at radius 2 is 1.97 bits per heavy atom. The number of halogens is 3. The first-order valence-corrected chi connectivity index (χ1v) is 9.58. The minimum atomic E-state index is -1.41. The first kappa shape index (κ1) is 19.9. The number of amides is 1. The molecule has 3 N–H and O–H groups in total. The number of aromatic carboxylic acids is 1. The van der Waals surface area contributed by atoms with Crippen molar-refractivity contribution in [1.82, 2.24) is 10.4 Å². The van der Waals surface area contributed by atoms with Crippen LogP contribution in [0.25, 0.3) is 11.1 Å². The van der Waals surface area contributed by atoms with Gasteiger partial charge < -0.3 is 10.4 Å². The van der Waals surface area contributed by atoms with Crippen LogP contribution in [0.3, 0.4) is 0 Å². The number of benzene rings is 1. The van der Waals surface area contributed by atoms with Crippen molar-refractivity contribution in [3.63, 3.8) is 0 Å². The molecule has 3 heterocycles. The number of carbonyl (C=O) groups excluding carboxylic acids is 1. The number of rotatable bonds is 4. The van der Waals surface area contributed by atoms with Crippen LogP contribution in [0.1, 0.15) is 15.9 Å². The van der Waals surface area contributed by atoms with E-state index >= 15 is 0 Å². The summed E-state index contributed by atoms with van der Waals surface area (Å²) in [6.07, 6.45) is 5.59. The van der Waals surface area contributed by atoms with E-state index in [0.717, 1.165) is 11.3 Å². The molecule has 2 aliphatic heterocycles. The van der Waals surface area contributed by atoms with Crippen LogP contribution in [0.5, 0.6) is 0 Å². The molecule has 2 aromatic rings. The number of carboxylic acid groups (broad SMARTS) is 1.